The van der Waals surface area contributed by atoms with E-state index in [-0.39, 0.29) is 11.4 Å². The normalized spacial score (nSPS) is 11.3. The van der Waals surface area contributed by atoms with Crippen molar-refractivity contribution >= 4 is 11.4 Å². The Morgan fingerprint density at radius 1 is 0.840 bits per heavy atom. The van der Waals surface area contributed by atoms with Crippen LogP contribution in [0.5, 0.6) is 0 Å². The Kier molecular flexibility index (Phi) is 5.13. The van der Waals surface area contributed by atoms with E-state index in [2.05, 4.69) is 48.0 Å². The molecule has 0 aliphatic heterocycles. The number of anilines is 2. The quantitative estimate of drug-likeness (QED) is 0.569. The van der Waals surface area contributed by atoms with E-state index in [4.69, 9.17) is 0 Å². The summed E-state index contributed by atoms with van der Waals surface area (Å²) >= 11 is 0. The second-order valence-corrected chi connectivity index (χ2v) is 6.82. The molecular formula is C22H23FN2. The van der Waals surface area contributed by atoms with Gasteiger partial charge in [-0.05, 0) is 68.7 Å². The van der Waals surface area contributed by atoms with Crippen LogP contribution in [0.1, 0.15) is 25.8 Å². The highest BCUT2D eigenvalue weighted by Crippen LogP contribution is 2.35. The van der Waals surface area contributed by atoms with Crippen LogP contribution in [0.3, 0.4) is 0 Å². The predicted octanol–water partition coefficient (Wildman–Crippen LogP) is 5.77. The summed E-state index contributed by atoms with van der Waals surface area (Å²) in [5.74, 6) is -0.222. The molecule has 0 radical (unpaired) electrons. The Bertz CT molecular complexity index is 783. The van der Waals surface area contributed by atoms with E-state index in [1.54, 1.807) is 12.4 Å². The summed E-state index contributed by atoms with van der Waals surface area (Å²) in [6.45, 7) is 4.44. The third kappa shape index (κ3) is 4.24. The summed E-state index contributed by atoms with van der Waals surface area (Å²) in [5.41, 5.74) is 3.21. The largest absolute Gasteiger partial charge is 0.336 e. The van der Waals surface area contributed by atoms with Crippen LogP contribution in [0.2, 0.25) is 0 Å². The Morgan fingerprint density at radius 3 is 2.08 bits per heavy atom. The SMILES string of the molecule is CC(C)(CCc1ccccc1)N(c1ccncc1)c1ccc(F)cc1. The lowest BCUT2D eigenvalue weighted by Gasteiger charge is -2.41. The van der Waals surface area contributed by atoms with Gasteiger partial charge in [0.05, 0.1) is 0 Å². The molecule has 2 nitrogen and oxygen atoms in total. The van der Waals surface area contributed by atoms with E-state index in [0.717, 1.165) is 24.2 Å². The van der Waals surface area contributed by atoms with Gasteiger partial charge in [0.2, 0.25) is 0 Å². The Labute approximate surface area is 149 Å². The van der Waals surface area contributed by atoms with Gasteiger partial charge in [0, 0.05) is 29.3 Å². The van der Waals surface area contributed by atoms with Crippen molar-refractivity contribution in [1.29, 1.82) is 0 Å². The predicted molar refractivity (Wildman–Crippen MR) is 102 cm³/mol. The van der Waals surface area contributed by atoms with Gasteiger partial charge < -0.3 is 4.90 Å². The molecule has 0 aliphatic rings. The van der Waals surface area contributed by atoms with Crippen LogP contribution in [-0.2, 0) is 6.42 Å². The summed E-state index contributed by atoms with van der Waals surface area (Å²) in [4.78, 5) is 6.39. The lowest BCUT2D eigenvalue weighted by molar-refractivity contribution is 0.465. The van der Waals surface area contributed by atoms with Crippen LogP contribution in [-0.4, -0.2) is 10.5 Å². The van der Waals surface area contributed by atoms with Crippen molar-refractivity contribution in [2.24, 2.45) is 0 Å². The van der Waals surface area contributed by atoms with Crippen LogP contribution in [0.15, 0.2) is 79.1 Å². The first kappa shape index (κ1) is 17.2. The maximum absolute atomic E-state index is 13.4. The number of aryl methyl sites for hydroxylation is 1. The van der Waals surface area contributed by atoms with Crippen LogP contribution < -0.4 is 4.90 Å². The average Bonchev–Trinajstić information content (AvgIpc) is 2.64. The van der Waals surface area contributed by atoms with E-state index in [1.165, 1.54) is 17.7 Å². The fourth-order valence-electron chi connectivity index (χ4n) is 3.14. The number of nitrogens with zero attached hydrogens (tertiary/aromatic N) is 2. The summed E-state index contributed by atoms with van der Waals surface area (Å²) in [7, 11) is 0. The van der Waals surface area contributed by atoms with E-state index in [0.29, 0.717) is 0 Å². The first-order valence-corrected chi connectivity index (χ1v) is 8.56. The standard InChI is InChI=1S/C22H23FN2/c1-22(2,15-12-18-6-4-3-5-7-18)25(21-13-16-24-17-14-21)20-10-8-19(23)9-11-20/h3-11,13-14,16-17H,12,15H2,1-2H3. The minimum atomic E-state index is -0.222. The topological polar surface area (TPSA) is 16.1 Å². The zero-order valence-corrected chi connectivity index (χ0v) is 14.7. The van der Waals surface area contributed by atoms with Crippen molar-refractivity contribution in [1.82, 2.24) is 4.98 Å². The van der Waals surface area contributed by atoms with Crippen LogP contribution in [0.25, 0.3) is 0 Å². The molecule has 0 spiro atoms. The smallest absolute Gasteiger partial charge is 0.123 e. The van der Waals surface area contributed by atoms with E-state index in [9.17, 15) is 4.39 Å². The number of rotatable bonds is 6. The Hall–Kier alpha value is -2.68. The molecule has 128 valence electrons. The molecule has 1 heterocycles. The van der Waals surface area contributed by atoms with Gasteiger partial charge in [-0.2, -0.15) is 0 Å². The molecule has 0 unspecified atom stereocenters. The highest BCUT2D eigenvalue weighted by atomic mass is 19.1. The second-order valence-electron chi connectivity index (χ2n) is 6.82. The van der Waals surface area contributed by atoms with E-state index >= 15 is 0 Å². The summed E-state index contributed by atoms with van der Waals surface area (Å²) in [6.07, 6.45) is 5.53. The third-order valence-corrected chi connectivity index (χ3v) is 4.48. The fraction of sp³-hybridized carbons (Fsp3) is 0.227. The van der Waals surface area contributed by atoms with Crippen molar-refractivity contribution in [3.05, 3.63) is 90.5 Å². The number of hydrogen-bond acceptors (Lipinski definition) is 2. The van der Waals surface area contributed by atoms with Crippen molar-refractivity contribution in [2.45, 2.75) is 32.2 Å². The van der Waals surface area contributed by atoms with Crippen molar-refractivity contribution < 1.29 is 4.39 Å². The summed E-state index contributed by atoms with van der Waals surface area (Å²) in [5, 5.41) is 0. The molecule has 0 bridgehead atoms. The number of aromatic nitrogens is 1. The minimum Gasteiger partial charge on any atom is -0.336 e. The lowest BCUT2D eigenvalue weighted by atomic mass is 9.92. The molecular weight excluding hydrogens is 311 g/mol. The molecule has 0 atom stereocenters. The number of benzene rings is 2. The molecule has 0 N–H and O–H groups in total. The fourth-order valence-corrected chi connectivity index (χ4v) is 3.14. The van der Waals surface area contributed by atoms with E-state index in [1.807, 2.05) is 30.3 Å². The van der Waals surface area contributed by atoms with E-state index < -0.39 is 0 Å². The lowest BCUT2D eigenvalue weighted by Crippen LogP contribution is -2.41. The zero-order valence-electron chi connectivity index (χ0n) is 14.7. The first-order chi connectivity index (χ1) is 12.1. The Morgan fingerprint density at radius 2 is 1.44 bits per heavy atom. The van der Waals surface area contributed by atoms with Gasteiger partial charge in [0.15, 0.2) is 0 Å². The maximum atomic E-state index is 13.4. The zero-order chi connectivity index (χ0) is 17.7. The Balaban J connectivity index is 1.91. The number of halogens is 1. The minimum absolute atomic E-state index is 0.144. The van der Waals surface area contributed by atoms with Gasteiger partial charge in [-0.25, -0.2) is 4.39 Å². The van der Waals surface area contributed by atoms with Gasteiger partial charge in [-0.3, -0.25) is 4.98 Å². The van der Waals surface area contributed by atoms with Gasteiger partial charge in [-0.15, -0.1) is 0 Å². The molecule has 2 aromatic carbocycles. The summed E-state index contributed by atoms with van der Waals surface area (Å²) in [6, 6.07) is 21.2. The highest BCUT2D eigenvalue weighted by molar-refractivity contribution is 5.65. The summed E-state index contributed by atoms with van der Waals surface area (Å²) < 4.78 is 13.4. The maximum Gasteiger partial charge on any atom is 0.123 e. The second kappa shape index (κ2) is 7.47. The monoisotopic (exact) mass is 334 g/mol. The molecule has 25 heavy (non-hydrogen) atoms. The molecule has 3 heteroatoms. The highest BCUT2D eigenvalue weighted by Gasteiger charge is 2.28. The van der Waals surface area contributed by atoms with Crippen molar-refractivity contribution in [3.8, 4) is 0 Å². The van der Waals surface area contributed by atoms with Gasteiger partial charge in [0.1, 0.15) is 5.82 Å². The first-order valence-electron chi connectivity index (χ1n) is 8.56. The molecule has 0 fully saturated rings. The number of hydrogen-bond donors (Lipinski definition) is 0. The van der Waals surface area contributed by atoms with Crippen molar-refractivity contribution in [3.63, 3.8) is 0 Å². The molecule has 0 saturated heterocycles. The molecule has 0 aliphatic carbocycles. The van der Waals surface area contributed by atoms with Crippen LogP contribution in [0.4, 0.5) is 15.8 Å². The number of pyridine rings is 1. The van der Waals surface area contributed by atoms with Gasteiger partial charge >= 0.3 is 0 Å². The van der Waals surface area contributed by atoms with Gasteiger partial charge in [-0.1, -0.05) is 30.3 Å². The molecule has 0 saturated carbocycles. The average molecular weight is 334 g/mol. The van der Waals surface area contributed by atoms with Crippen molar-refractivity contribution in [2.75, 3.05) is 4.90 Å². The van der Waals surface area contributed by atoms with Gasteiger partial charge in [0.25, 0.3) is 0 Å². The van der Waals surface area contributed by atoms with Crippen LogP contribution in [0, 0.1) is 5.82 Å². The molecule has 0 amide bonds. The molecule has 3 rings (SSSR count). The third-order valence-electron chi connectivity index (χ3n) is 4.48. The molecule has 1 aromatic heterocycles. The molecule has 3 aromatic rings. The van der Waals surface area contributed by atoms with Crippen LogP contribution >= 0.6 is 0 Å².